The summed E-state index contributed by atoms with van der Waals surface area (Å²) < 4.78 is 2.02. The highest BCUT2D eigenvalue weighted by molar-refractivity contribution is 8.26. The molecular weight excluding hydrogens is 392 g/mol. The lowest BCUT2D eigenvalue weighted by molar-refractivity contribution is -0.122. The summed E-state index contributed by atoms with van der Waals surface area (Å²) in [5.74, 6) is 0.268. The summed E-state index contributed by atoms with van der Waals surface area (Å²) in [7, 11) is 0. The second-order valence-corrected chi connectivity index (χ2v) is 8.10. The summed E-state index contributed by atoms with van der Waals surface area (Å²) in [6.07, 6.45) is 6.82. The highest BCUT2D eigenvalue weighted by Gasteiger charge is 2.32. The van der Waals surface area contributed by atoms with Gasteiger partial charge in [0, 0.05) is 19.3 Å². The van der Waals surface area contributed by atoms with Crippen molar-refractivity contribution in [3.8, 4) is 0 Å². The van der Waals surface area contributed by atoms with Crippen LogP contribution in [-0.2, 0) is 4.79 Å². The van der Waals surface area contributed by atoms with Gasteiger partial charge in [-0.3, -0.25) is 18.9 Å². The largest absolute Gasteiger partial charge is 0.366 e. The standard InChI is InChI=1S/C20H22N4O2S2/c1-4-6-10-24-19(26)15(28-20(24)27)12-14-16(21-9-5-2)22-17-13(3)8-7-11-23(17)18(14)25/h5,7-8,11-12,21H,2,4,6,9-10H2,1,3H3/b15-12+. The van der Waals surface area contributed by atoms with E-state index in [9.17, 15) is 9.59 Å². The zero-order valence-electron chi connectivity index (χ0n) is 15.9. The van der Waals surface area contributed by atoms with Crippen LogP contribution >= 0.6 is 24.0 Å². The summed E-state index contributed by atoms with van der Waals surface area (Å²) in [4.78, 5) is 32.6. The van der Waals surface area contributed by atoms with E-state index in [1.54, 1.807) is 29.3 Å². The first-order chi connectivity index (χ1) is 13.5. The molecule has 6 nitrogen and oxygen atoms in total. The van der Waals surface area contributed by atoms with Crippen LogP contribution in [0.25, 0.3) is 11.7 Å². The topological polar surface area (TPSA) is 66.7 Å². The van der Waals surface area contributed by atoms with Crippen molar-refractivity contribution in [1.29, 1.82) is 0 Å². The monoisotopic (exact) mass is 414 g/mol. The third-order valence-electron chi connectivity index (χ3n) is 4.38. The molecule has 0 unspecified atom stereocenters. The quantitative estimate of drug-likeness (QED) is 0.424. The van der Waals surface area contributed by atoms with Crippen molar-refractivity contribution in [2.75, 3.05) is 18.4 Å². The number of carbonyl (C=O) groups excluding carboxylic acids is 1. The van der Waals surface area contributed by atoms with Crippen molar-refractivity contribution in [2.45, 2.75) is 26.7 Å². The first-order valence-corrected chi connectivity index (χ1v) is 10.3. The molecular formula is C20H22N4O2S2. The van der Waals surface area contributed by atoms with Gasteiger partial charge >= 0.3 is 0 Å². The Morgan fingerprint density at radius 2 is 2.18 bits per heavy atom. The highest BCUT2D eigenvalue weighted by atomic mass is 32.2. The first-order valence-electron chi connectivity index (χ1n) is 9.10. The molecule has 1 N–H and O–H groups in total. The number of amides is 1. The number of hydrogen-bond acceptors (Lipinski definition) is 6. The third-order valence-corrected chi connectivity index (χ3v) is 5.76. The van der Waals surface area contributed by atoms with Crippen molar-refractivity contribution >= 4 is 51.7 Å². The highest BCUT2D eigenvalue weighted by Crippen LogP contribution is 2.33. The number of nitrogens with one attached hydrogen (secondary N) is 1. The molecule has 2 aromatic heterocycles. The van der Waals surface area contributed by atoms with Gasteiger partial charge in [-0.15, -0.1) is 6.58 Å². The van der Waals surface area contributed by atoms with Crippen LogP contribution in [0, 0.1) is 6.92 Å². The van der Waals surface area contributed by atoms with Crippen molar-refractivity contribution in [2.24, 2.45) is 0 Å². The zero-order valence-corrected chi connectivity index (χ0v) is 17.5. The maximum absolute atomic E-state index is 13.1. The normalized spacial score (nSPS) is 15.6. The fraction of sp³-hybridized carbons (Fsp3) is 0.300. The SMILES string of the molecule is C=CCNc1nc2c(C)cccn2c(=O)c1/C=C1/SC(=S)N(CCCC)C1=O. The molecule has 0 atom stereocenters. The van der Waals surface area contributed by atoms with E-state index in [0.717, 1.165) is 18.4 Å². The maximum Gasteiger partial charge on any atom is 0.267 e. The number of rotatable bonds is 7. The Labute approximate surface area is 173 Å². The Morgan fingerprint density at radius 1 is 1.39 bits per heavy atom. The molecule has 146 valence electrons. The van der Waals surface area contributed by atoms with Gasteiger partial charge in [0.05, 0.1) is 10.5 Å². The summed E-state index contributed by atoms with van der Waals surface area (Å²) in [5, 5.41) is 3.11. The van der Waals surface area contributed by atoms with Gasteiger partial charge in [0.25, 0.3) is 11.5 Å². The number of unbranched alkanes of at least 4 members (excludes halogenated alkanes) is 1. The Balaban J connectivity index is 2.11. The number of aromatic nitrogens is 2. The summed E-state index contributed by atoms with van der Waals surface area (Å²) >= 11 is 6.58. The summed E-state index contributed by atoms with van der Waals surface area (Å²) in [6.45, 7) is 8.71. The Hall–Kier alpha value is -2.45. The van der Waals surface area contributed by atoms with E-state index in [-0.39, 0.29) is 11.5 Å². The van der Waals surface area contributed by atoms with Crippen LogP contribution in [-0.4, -0.2) is 37.6 Å². The van der Waals surface area contributed by atoms with Crippen LogP contribution in [0.4, 0.5) is 5.82 Å². The lowest BCUT2D eigenvalue weighted by Gasteiger charge is -2.13. The number of nitrogens with zero attached hydrogens (tertiary/aromatic N) is 3. The molecule has 3 rings (SSSR count). The van der Waals surface area contributed by atoms with Gasteiger partial charge in [-0.2, -0.15) is 0 Å². The van der Waals surface area contributed by atoms with Crippen LogP contribution in [0.3, 0.4) is 0 Å². The van der Waals surface area contributed by atoms with Crippen molar-refractivity contribution in [1.82, 2.24) is 14.3 Å². The fourth-order valence-corrected chi connectivity index (χ4v) is 4.18. The van der Waals surface area contributed by atoms with E-state index < -0.39 is 0 Å². The van der Waals surface area contributed by atoms with E-state index in [1.807, 2.05) is 13.0 Å². The molecule has 1 aliphatic rings. The number of thioether (sulfide) groups is 1. The Kier molecular flexibility index (Phi) is 6.31. The molecule has 28 heavy (non-hydrogen) atoms. The van der Waals surface area contributed by atoms with Gasteiger partial charge in [0.2, 0.25) is 0 Å². The minimum Gasteiger partial charge on any atom is -0.366 e. The molecule has 1 aliphatic heterocycles. The molecule has 0 radical (unpaired) electrons. The molecule has 3 heterocycles. The lowest BCUT2D eigenvalue weighted by atomic mass is 10.2. The molecule has 0 bridgehead atoms. The van der Waals surface area contributed by atoms with Gasteiger partial charge in [0.15, 0.2) is 0 Å². The molecule has 0 aliphatic carbocycles. The van der Waals surface area contributed by atoms with Crippen molar-refractivity contribution < 1.29 is 4.79 Å². The molecule has 1 saturated heterocycles. The van der Waals surface area contributed by atoms with Crippen LogP contribution in [0.5, 0.6) is 0 Å². The van der Waals surface area contributed by atoms with E-state index >= 15 is 0 Å². The molecule has 0 aromatic carbocycles. The molecule has 0 spiro atoms. The van der Waals surface area contributed by atoms with Crippen molar-refractivity contribution in [3.63, 3.8) is 0 Å². The molecule has 0 saturated carbocycles. The minimum absolute atomic E-state index is 0.160. The van der Waals surface area contributed by atoms with Gasteiger partial charge in [-0.1, -0.05) is 49.5 Å². The van der Waals surface area contributed by atoms with Crippen LogP contribution in [0.1, 0.15) is 30.9 Å². The van der Waals surface area contributed by atoms with Crippen molar-refractivity contribution in [3.05, 3.63) is 57.4 Å². The Morgan fingerprint density at radius 3 is 2.89 bits per heavy atom. The third kappa shape index (κ3) is 3.88. The van der Waals surface area contributed by atoms with Gasteiger partial charge < -0.3 is 5.32 Å². The van der Waals surface area contributed by atoms with Crippen LogP contribution in [0.2, 0.25) is 0 Å². The number of carbonyl (C=O) groups is 1. The molecule has 1 fully saturated rings. The molecule has 1 amide bonds. The van der Waals surface area contributed by atoms with Crippen LogP contribution in [0.15, 0.2) is 40.7 Å². The molecule has 8 heteroatoms. The second-order valence-electron chi connectivity index (χ2n) is 6.42. The predicted molar refractivity (Wildman–Crippen MR) is 120 cm³/mol. The predicted octanol–water partition coefficient (Wildman–Crippen LogP) is 3.60. The van der Waals surface area contributed by atoms with E-state index in [2.05, 4.69) is 23.8 Å². The van der Waals surface area contributed by atoms with E-state index in [0.29, 0.717) is 39.3 Å². The van der Waals surface area contributed by atoms with E-state index in [1.165, 1.54) is 16.2 Å². The average molecular weight is 415 g/mol. The average Bonchev–Trinajstić information content (AvgIpc) is 2.94. The van der Waals surface area contributed by atoms with Crippen LogP contribution < -0.4 is 10.9 Å². The number of thiocarbonyl (C=S) groups is 1. The number of anilines is 1. The minimum atomic E-state index is -0.237. The first kappa shape index (κ1) is 20.3. The summed E-state index contributed by atoms with van der Waals surface area (Å²) in [5.41, 5.74) is 1.56. The number of hydrogen-bond donors (Lipinski definition) is 1. The smallest absolute Gasteiger partial charge is 0.267 e. The van der Waals surface area contributed by atoms with Gasteiger partial charge in [-0.25, -0.2) is 4.98 Å². The maximum atomic E-state index is 13.1. The number of aryl methyl sites for hydroxylation is 1. The zero-order chi connectivity index (χ0) is 20.3. The summed E-state index contributed by atoms with van der Waals surface area (Å²) in [6, 6.07) is 3.70. The van der Waals surface area contributed by atoms with E-state index in [4.69, 9.17) is 12.2 Å². The van der Waals surface area contributed by atoms with Gasteiger partial charge in [-0.05, 0) is 31.1 Å². The van der Waals surface area contributed by atoms with Gasteiger partial charge in [0.1, 0.15) is 15.8 Å². The molecule has 2 aromatic rings. The number of fused-ring (bicyclic) bond motifs is 1. The second kappa shape index (κ2) is 8.70. The lowest BCUT2D eigenvalue weighted by Crippen LogP contribution is -2.29. The Bertz CT molecular complexity index is 1040. The number of pyridine rings is 1. The fourth-order valence-electron chi connectivity index (χ4n) is 2.89.